The van der Waals surface area contributed by atoms with E-state index in [2.05, 4.69) is 15.3 Å². The van der Waals surface area contributed by atoms with Gasteiger partial charge in [0.2, 0.25) is 0 Å². The molecule has 7 nitrogen and oxygen atoms in total. The summed E-state index contributed by atoms with van der Waals surface area (Å²) in [6.07, 6.45) is 1.42. The van der Waals surface area contributed by atoms with E-state index in [0.717, 1.165) is 26.2 Å². The van der Waals surface area contributed by atoms with Crippen molar-refractivity contribution in [2.45, 2.75) is 6.92 Å². The van der Waals surface area contributed by atoms with E-state index in [1.807, 2.05) is 31.2 Å². The predicted molar refractivity (Wildman–Crippen MR) is 111 cm³/mol. The Balaban J connectivity index is 1.88. The summed E-state index contributed by atoms with van der Waals surface area (Å²) >= 11 is 7.53. The number of nitro benzene ring substituents is 1. The molecule has 0 saturated carbocycles. The van der Waals surface area contributed by atoms with Crippen LogP contribution in [0, 0.1) is 17.0 Å². The van der Waals surface area contributed by atoms with Gasteiger partial charge in [0.25, 0.3) is 5.69 Å². The van der Waals surface area contributed by atoms with Crippen LogP contribution in [-0.4, -0.2) is 20.0 Å². The molecule has 0 aliphatic carbocycles. The number of nitro groups is 1. The lowest BCUT2D eigenvalue weighted by atomic mass is 10.0. The highest BCUT2D eigenvalue weighted by Crippen LogP contribution is 2.42. The molecule has 0 spiro atoms. The molecule has 0 bridgehead atoms. The average Bonchev–Trinajstić information content (AvgIpc) is 3.01. The first-order valence-electron chi connectivity index (χ1n) is 8.18. The third-order valence-electron chi connectivity index (χ3n) is 4.24. The minimum atomic E-state index is -0.520. The van der Waals surface area contributed by atoms with Gasteiger partial charge in [-0.3, -0.25) is 10.1 Å². The summed E-state index contributed by atoms with van der Waals surface area (Å²) in [6.45, 7) is 1.99. The number of rotatable bonds is 4. The maximum Gasteiger partial charge on any atom is 0.271 e. The molecule has 2 N–H and O–H groups in total. The molecule has 9 heteroatoms. The van der Waals surface area contributed by atoms with Gasteiger partial charge in [0, 0.05) is 27.6 Å². The van der Waals surface area contributed by atoms with Crippen LogP contribution in [0.3, 0.4) is 0 Å². The monoisotopic (exact) mass is 412 g/mol. The Labute approximate surface area is 168 Å². The van der Waals surface area contributed by atoms with E-state index in [0.29, 0.717) is 10.8 Å². The highest BCUT2D eigenvalue weighted by molar-refractivity contribution is 7.19. The molecule has 28 heavy (non-hydrogen) atoms. The number of fused-ring (bicyclic) bond motifs is 1. The zero-order valence-electron chi connectivity index (χ0n) is 14.5. The Morgan fingerprint density at radius 3 is 2.64 bits per heavy atom. The molecule has 0 aliphatic rings. The maximum absolute atomic E-state index is 11.1. The Kier molecular flexibility index (Phi) is 4.58. The molecule has 0 amide bonds. The molecule has 2 aromatic heterocycles. The largest absolute Gasteiger partial charge is 0.506 e. The number of phenols is 1. The number of nitrogens with one attached hydrogen (secondary N) is 1. The van der Waals surface area contributed by atoms with Crippen LogP contribution in [0.4, 0.5) is 17.2 Å². The van der Waals surface area contributed by atoms with Crippen molar-refractivity contribution in [1.29, 1.82) is 0 Å². The fraction of sp³-hybridized carbons (Fsp3) is 0.0526. The third kappa shape index (κ3) is 3.23. The van der Waals surface area contributed by atoms with Gasteiger partial charge in [0.05, 0.1) is 16.0 Å². The zero-order chi connectivity index (χ0) is 19.8. The second-order valence-electron chi connectivity index (χ2n) is 6.03. The number of aromatic hydroxyl groups is 1. The number of anilines is 2. The smallest absolute Gasteiger partial charge is 0.271 e. The fourth-order valence-corrected chi connectivity index (χ4v) is 4.11. The van der Waals surface area contributed by atoms with Gasteiger partial charge in [-0.25, -0.2) is 9.97 Å². The van der Waals surface area contributed by atoms with E-state index >= 15 is 0 Å². The Morgan fingerprint density at radius 2 is 1.93 bits per heavy atom. The van der Waals surface area contributed by atoms with Gasteiger partial charge >= 0.3 is 0 Å². The second-order valence-corrected chi connectivity index (χ2v) is 7.67. The Hall–Kier alpha value is -3.23. The molecule has 0 radical (unpaired) electrons. The quantitative estimate of drug-likeness (QED) is 0.254. The molecule has 0 saturated heterocycles. The number of thiophene rings is 1. The highest BCUT2D eigenvalue weighted by atomic mass is 35.5. The summed E-state index contributed by atoms with van der Waals surface area (Å²) in [5.74, 6) is 0.340. The Morgan fingerprint density at radius 1 is 1.18 bits per heavy atom. The van der Waals surface area contributed by atoms with Gasteiger partial charge in [-0.05, 0) is 30.7 Å². The molecule has 2 heterocycles. The molecule has 140 valence electrons. The van der Waals surface area contributed by atoms with Crippen LogP contribution in [0.1, 0.15) is 4.88 Å². The number of hydrogen-bond acceptors (Lipinski definition) is 7. The van der Waals surface area contributed by atoms with E-state index in [9.17, 15) is 15.2 Å². The minimum absolute atomic E-state index is 0.114. The van der Waals surface area contributed by atoms with Crippen molar-refractivity contribution < 1.29 is 10.0 Å². The molecular weight excluding hydrogens is 400 g/mol. The Bertz CT molecular complexity index is 1210. The first kappa shape index (κ1) is 18.1. The van der Waals surface area contributed by atoms with E-state index in [1.165, 1.54) is 35.9 Å². The standard InChI is InChI=1S/C19H13ClN4O3S/c1-10-16(11-2-4-12(20)5-3-11)17-18(21-9-22-19(17)28-10)23-14-8-13(24(26)27)6-7-15(14)25/h2-9,25H,1H3,(H,21,22,23). The SMILES string of the molecule is Cc1sc2ncnc(Nc3cc([N+](=O)[O-])ccc3O)c2c1-c1ccc(Cl)cc1. The van der Waals surface area contributed by atoms with Crippen LogP contribution in [0.15, 0.2) is 48.8 Å². The molecule has 0 aliphatic heterocycles. The lowest BCUT2D eigenvalue weighted by Crippen LogP contribution is -1.97. The second kappa shape index (κ2) is 7.06. The first-order chi connectivity index (χ1) is 13.4. The van der Waals surface area contributed by atoms with Crippen LogP contribution in [0.2, 0.25) is 5.02 Å². The van der Waals surface area contributed by atoms with Gasteiger partial charge in [-0.1, -0.05) is 23.7 Å². The van der Waals surface area contributed by atoms with Gasteiger partial charge < -0.3 is 10.4 Å². The van der Waals surface area contributed by atoms with Crippen molar-refractivity contribution >= 4 is 50.3 Å². The van der Waals surface area contributed by atoms with Crippen LogP contribution in [0.5, 0.6) is 5.75 Å². The first-order valence-corrected chi connectivity index (χ1v) is 9.38. The summed E-state index contributed by atoms with van der Waals surface area (Å²) in [6, 6.07) is 11.2. The van der Waals surface area contributed by atoms with Crippen LogP contribution in [-0.2, 0) is 0 Å². The number of nitrogens with zero attached hydrogens (tertiary/aromatic N) is 3. The number of benzene rings is 2. The number of halogens is 1. The summed E-state index contributed by atoms with van der Waals surface area (Å²) in [7, 11) is 0. The number of hydrogen-bond donors (Lipinski definition) is 2. The lowest BCUT2D eigenvalue weighted by molar-refractivity contribution is -0.384. The molecule has 0 fully saturated rings. The number of aromatic nitrogens is 2. The molecule has 4 rings (SSSR count). The van der Waals surface area contributed by atoms with Gasteiger partial charge in [-0.2, -0.15) is 0 Å². The summed E-state index contributed by atoms with van der Waals surface area (Å²) in [4.78, 5) is 21.0. The van der Waals surface area contributed by atoms with Crippen LogP contribution >= 0.6 is 22.9 Å². The van der Waals surface area contributed by atoms with Gasteiger partial charge in [0.1, 0.15) is 22.7 Å². The predicted octanol–water partition coefficient (Wildman–Crippen LogP) is 5.68. The van der Waals surface area contributed by atoms with Crippen molar-refractivity contribution in [3.63, 3.8) is 0 Å². The topological polar surface area (TPSA) is 101 Å². The maximum atomic E-state index is 11.1. The van der Waals surface area contributed by atoms with Crippen molar-refractivity contribution in [1.82, 2.24) is 9.97 Å². The number of phenolic OH excluding ortho intramolecular Hbond substituents is 1. The molecule has 2 aromatic carbocycles. The summed E-state index contributed by atoms with van der Waals surface area (Å²) in [5.41, 5.74) is 1.96. The lowest BCUT2D eigenvalue weighted by Gasteiger charge is -2.10. The minimum Gasteiger partial charge on any atom is -0.506 e. The number of aryl methyl sites for hydroxylation is 1. The van der Waals surface area contributed by atoms with Crippen LogP contribution < -0.4 is 5.32 Å². The number of non-ortho nitro benzene ring substituents is 1. The summed E-state index contributed by atoms with van der Waals surface area (Å²) < 4.78 is 0. The van der Waals surface area contributed by atoms with Crippen molar-refractivity contribution in [2.24, 2.45) is 0 Å². The van der Waals surface area contributed by atoms with E-state index in [4.69, 9.17) is 11.6 Å². The molecule has 0 unspecified atom stereocenters. The van der Waals surface area contributed by atoms with E-state index in [-0.39, 0.29) is 17.1 Å². The van der Waals surface area contributed by atoms with Gasteiger partial charge in [0.15, 0.2) is 0 Å². The molecular formula is C19H13ClN4O3S. The van der Waals surface area contributed by atoms with E-state index in [1.54, 1.807) is 0 Å². The third-order valence-corrected chi connectivity index (χ3v) is 5.51. The average molecular weight is 413 g/mol. The van der Waals surface area contributed by atoms with Crippen molar-refractivity contribution in [2.75, 3.05) is 5.32 Å². The normalized spacial score (nSPS) is 10.9. The zero-order valence-corrected chi connectivity index (χ0v) is 16.1. The van der Waals surface area contributed by atoms with Crippen molar-refractivity contribution in [3.8, 4) is 16.9 Å². The summed E-state index contributed by atoms with van der Waals surface area (Å²) in [5, 5.41) is 25.6. The fourth-order valence-electron chi connectivity index (χ4n) is 2.97. The molecule has 0 atom stereocenters. The highest BCUT2D eigenvalue weighted by Gasteiger charge is 2.18. The van der Waals surface area contributed by atoms with Crippen molar-refractivity contribution in [3.05, 3.63) is 68.8 Å². The van der Waals surface area contributed by atoms with E-state index < -0.39 is 4.92 Å². The van der Waals surface area contributed by atoms with Crippen LogP contribution in [0.25, 0.3) is 21.3 Å². The van der Waals surface area contributed by atoms with Gasteiger partial charge in [-0.15, -0.1) is 11.3 Å². The molecule has 4 aromatic rings.